The number of carbonyl (C=O) groups is 3. The van der Waals surface area contributed by atoms with Crippen molar-refractivity contribution >= 4 is 17.8 Å². The minimum atomic E-state index is -3.15. The first-order valence-electron chi connectivity index (χ1n) is 14.2. The van der Waals surface area contributed by atoms with Gasteiger partial charge in [-0.05, 0) is 0 Å². The molecule has 0 saturated carbocycles. The second-order valence-corrected chi connectivity index (χ2v) is 11.2. The molecular weight excluding hydrogens is 632 g/mol. The molecule has 0 radical (unpaired) electrons. The quantitative estimate of drug-likeness (QED) is 0.0914. The highest BCUT2D eigenvalue weighted by Crippen LogP contribution is 2.37. The van der Waals surface area contributed by atoms with Gasteiger partial charge in [-0.3, -0.25) is 9.59 Å². The highest BCUT2D eigenvalue weighted by Gasteiger charge is 2.57. The minimum absolute atomic E-state index is 0.698. The molecule has 0 bridgehead atoms. The summed E-state index contributed by atoms with van der Waals surface area (Å²) in [5, 5.41) is 121. The van der Waals surface area contributed by atoms with Crippen LogP contribution in [0.4, 0.5) is 0 Å². The molecule has 3 aliphatic rings. The normalized spacial score (nSPS) is 42.9. The van der Waals surface area contributed by atoms with Crippen LogP contribution >= 0.6 is 0 Å². The highest BCUT2D eigenvalue weighted by molar-refractivity contribution is 5.75. The molecule has 3 fully saturated rings. The minimum Gasteiger partial charge on any atom is -0.544 e. The van der Waals surface area contributed by atoms with Crippen molar-refractivity contribution in [2.75, 3.05) is 19.8 Å². The van der Waals surface area contributed by atoms with Crippen LogP contribution in [-0.2, 0) is 38.1 Å². The molecule has 3 saturated heterocycles. The van der Waals surface area contributed by atoms with Crippen molar-refractivity contribution in [2.24, 2.45) is 0 Å². The second-order valence-electron chi connectivity index (χ2n) is 11.2. The Balaban J connectivity index is 1.95. The van der Waals surface area contributed by atoms with Crippen molar-refractivity contribution in [3.63, 3.8) is 0 Å². The van der Waals surface area contributed by atoms with E-state index < -0.39 is 142 Å². The Hall–Kier alpha value is -2.19. The molecule has 3 rings (SSSR count). The van der Waals surface area contributed by atoms with Crippen LogP contribution in [0.5, 0.6) is 0 Å². The molecule has 46 heavy (non-hydrogen) atoms. The lowest BCUT2D eigenvalue weighted by Crippen LogP contribution is -2.72. The highest BCUT2D eigenvalue weighted by atomic mass is 16.8. The van der Waals surface area contributed by atoms with Gasteiger partial charge in [-0.2, -0.15) is 0 Å². The van der Waals surface area contributed by atoms with Gasteiger partial charge in [0.15, 0.2) is 12.6 Å². The van der Waals surface area contributed by atoms with E-state index in [4.69, 9.17) is 23.7 Å². The van der Waals surface area contributed by atoms with Gasteiger partial charge in [0, 0.05) is 20.3 Å². The largest absolute Gasteiger partial charge is 0.544 e. The first kappa shape index (κ1) is 38.3. The Morgan fingerprint density at radius 2 is 1.46 bits per heavy atom. The molecule has 3 heterocycles. The zero-order chi connectivity index (χ0) is 34.7. The number of aliphatic carboxylic acids is 1. The zero-order valence-electron chi connectivity index (χ0n) is 24.6. The Labute approximate surface area is 260 Å². The first-order chi connectivity index (χ1) is 21.5. The van der Waals surface area contributed by atoms with E-state index in [1.54, 1.807) is 0 Å². The van der Waals surface area contributed by atoms with E-state index in [1.165, 1.54) is 0 Å². The monoisotopic (exact) mass is 673 g/mol. The number of amides is 2. The van der Waals surface area contributed by atoms with E-state index in [2.05, 4.69) is 10.6 Å². The molecule has 3 aliphatic heterocycles. The second kappa shape index (κ2) is 15.8. The van der Waals surface area contributed by atoms with Crippen LogP contribution in [0.25, 0.3) is 0 Å². The number of carboxylic acids is 1. The molecule has 0 aromatic heterocycles. The number of carbonyl (C=O) groups excluding carboxylic acids is 3. The number of aliphatic hydroxyl groups is 10. The summed E-state index contributed by atoms with van der Waals surface area (Å²) in [7, 11) is 0. The van der Waals surface area contributed by atoms with E-state index in [0.717, 1.165) is 13.8 Å². The maximum Gasteiger partial charge on any atom is 0.217 e. The summed E-state index contributed by atoms with van der Waals surface area (Å²) in [6, 6.07) is -3.09. The molecular formula is C25H41N2O19-. The van der Waals surface area contributed by atoms with Gasteiger partial charge in [-0.25, -0.2) is 0 Å². The van der Waals surface area contributed by atoms with Crippen molar-refractivity contribution in [2.45, 2.75) is 118 Å². The number of hydrogen-bond donors (Lipinski definition) is 12. The van der Waals surface area contributed by atoms with Gasteiger partial charge < -0.3 is 95.3 Å². The number of rotatable bonds is 12. The van der Waals surface area contributed by atoms with E-state index in [1.807, 2.05) is 0 Å². The lowest BCUT2D eigenvalue weighted by atomic mass is 9.88. The summed E-state index contributed by atoms with van der Waals surface area (Å²) in [4.78, 5) is 35.9. The molecule has 21 nitrogen and oxygen atoms in total. The van der Waals surface area contributed by atoms with Crippen LogP contribution < -0.4 is 15.7 Å². The predicted octanol–water partition coefficient (Wildman–Crippen LogP) is -9.41. The molecule has 0 aromatic rings. The average Bonchev–Trinajstić information content (AvgIpc) is 2.99. The number of nitrogens with one attached hydrogen (secondary N) is 2. The molecule has 0 spiro atoms. The van der Waals surface area contributed by atoms with Gasteiger partial charge in [0.05, 0.1) is 32.0 Å². The molecule has 16 atom stereocenters. The maximum absolute atomic E-state index is 12.5. The van der Waals surface area contributed by atoms with E-state index >= 15 is 0 Å². The number of ether oxygens (including phenoxy) is 5. The van der Waals surface area contributed by atoms with Crippen LogP contribution in [-0.4, -0.2) is 186 Å². The summed E-state index contributed by atoms with van der Waals surface area (Å²) in [5.41, 5.74) is 0. The topological polar surface area (TPSA) is 347 Å². The van der Waals surface area contributed by atoms with Crippen molar-refractivity contribution in [1.82, 2.24) is 10.6 Å². The van der Waals surface area contributed by atoms with Gasteiger partial charge in [0.2, 0.25) is 17.6 Å². The molecule has 2 amide bonds. The summed E-state index contributed by atoms with van der Waals surface area (Å²) in [5.74, 6) is -6.84. The van der Waals surface area contributed by atoms with Crippen molar-refractivity contribution in [1.29, 1.82) is 0 Å². The third-order valence-corrected chi connectivity index (χ3v) is 7.85. The maximum atomic E-state index is 12.5. The predicted molar refractivity (Wildman–Crippen MR) is 139 cm³/mol. The smallest absolute Gasteiger partial charge is 0.217 e. The SMILES string of the molecule is CC(=O)N[C@H]1[C@H]([C@H](O)[C@H](O)CO)O[C@@](O[C@H]2[C@@H](O)[C@@H](CO)O[C@@H](O[C@H]3[C@H](O)[C@@H](NC(C)=O)C(O)O[C@@H]3CO)[C@@H]2O)(C(=O)[O-])C[C@@H]1O. The Morgan fingerprint density at radius 3 is 1.98 bits per heavy atom. The fourth-order valence-corrected chi connectivity index (χ4v) is 5.56. The molecule has 21 heteroatoms. The summed E-state index contributed by atoms with van der Waals surface area (Å²) in [6.07, 6.45) is -26.1. The number of aliphatic hydroxyl groups excluding tert-OH is 10. The van der Waals surface area contributed by atoms with E-state index in [0.29, 0.717) is 0 Å². The molecule has 0 aliphatic carbocycles. The average molecular weight is 674 g/mol. The van der Waals surface area contributed by atoms with Gasteiger partial charge in [0.25, 0.3) is 0 Å². The van der Waals surface area contributed by atoms with Crippen LogP contribution in [0.2, 0.25) is 0 Å². The zero-order valence-corrected chi connectivity index (χ0v) is 24.6. The van der Waals surface area contributed by atoms with Crippen molar-refractivity contribution < 1.29 is 94.2 Å². The van der Waals surface area contributed by atoms with E-state index in [9.17, 15) is 70.6 Å². The van der Waals surface area contributed by atoms with Crippen molar-refractivity contribution in [3.8, 4) is 0 Å². The summed E-state index contributed by atoms with van der Waals surface area (Å²) in [6.45, 7) is -0.846. The summed E-state index contributed by atoms with van der Waals surface area (Å²) < 4.78 is 27.2. The lowest BCUT2D eigenvalue weighted by molar-refractivity contribution is -0.410. The van der Waals surface area contributed by atoms with Crippen LogP contribution in [0.3, 0.4) is 0 Å². The van der Waals surface area contributed by atoms with Crippen molar-refractivity contribution in [3.05, 3.63) is 0 Å². The standard InChI is InChI=1S/C25H42N2O19/c1-7(31)26-13-9(33)3-25(24(40)41,45-20(13)15(35)10(34)4-28)46-21-16(36)11(5-29)43-23(18(21)38)44-19-12(6-30)42-22(39)14(17(19)37)27-8(2)32/h9-23,28-30,33-39H,3-6H2,1-2H3,(H,26,31)(H,27,32)(H,40,41)/p-1/t9-,10+,11+,12+,13+,14+,15+,16-,17+,18+,19+,20+,21-,22?,23-,25-/m0/s1. The lowest BCUT2D eigenvalue weighted by Gasteiger charge is -2.52. The Kier molecular flexibility index (Phi) is 13.1. The molecule has 12 N–H and O–H groups in total. The van der Waals surface area contributed by atoms with Gasteiger partial charge in [-0.15, -0.1) is 0 Å². The fourth-order valence-electron chi connectivity index (χ4n) is 5.56. The van der Waals surface area contributed by atoms with Gasteiger partial charge in [-0.1, -0.05) is 0 Å². The fraction of sp³-hybridized carbons (Fsp3) is 0.880. The number of hydrogen-bond acceptors (Lipinski definition) is 19. The molecule has 1 unspecified atom stereocenters. The van der Waals surface area contributed by atoms with Crippen LogP contribution in [0, 0.1) is 0 Å². The van der Waals surface area contributed by atoms with E-state index in [-0.39, 0.29) is 0 Å². The third-order valence-electron chi connectivity index (χ3n) is 7.85. The summed E-state index contributed by atoms with van der Waals surface area (Å²) >= 11 is 0. The van der Waals surface area contributed by atoms with Gasteiger partial charge in [0.1, 0.15) is 73.1 Å². The first-order valence-corrected chi connectivity index (χ1v) is 14.2. The third kappa shape index (κ3) is 8.08. The molecule has 0 aromatic carbocycles. The number of carboxylic acid groups (broad SMARTS) is 1. The Bertz CT molecular complexity index is 1050. The van der Waals surface area contributed by atoms with Gasteiger partial charge >= 0.3 is 0 Å². The van der Waals surface area contributed by atoms with Crippen LogP contribution in [0.15, 0.2) is 0 Å². The Morgan fingerprint density at radius 1 is 0.870 bits per heavy atom. The molecule has 266 valence electrons. The van der Waals surface area contributed by atoms with Crippen LogP contribution in [0.1, 0.15) is 20.3 Å².